The minimum absolute atomic E-state index is 0.426. The molecule has 2 heteroatoms. The molecule has 25 heavy (non-hydrogen) atoms. The van der Waals surface area contributed by atoms with Crippen LogP contribution in [-0.4, -0.2) is 4.98 Å². The van der Waals surface area contributed by atoms with Crippen LogP contribution in [0.2, 0.25) is 0 Å². The molecule has 0 unspecified atom stereocenters. The van der Waals surface area contributed by atoms with Crippen molar-refractivity contribution in [1.82, 2.24) is 4.98 Å². The lowest BCUT2D eigenvalue weighted by atomic mass is 9.99. The van der Waals surface area contributed by atoms with Gasteiger partial charge in [-0.25, -0.2) is 0 Å². The van der Waals surface area contributed by atoms with Crippen LogP contribution in [0, 0.1) is 0 Å². The predicted molar refractivity (Wildman–Crippen MR) is 105 cm³/mol. The first-order chi connectivity index (χ1) is 12.1. The molecule has 0 saturated carbocycles. The van der Waals surface area contributed by atoms with E-state index in [1.165, 1.54) is 16.5 Å². The van der Waals surface area contributed by atoms with Crippen LogP contribution in [0.1, 0.15) is 50.7 Å². The van der Waals surface area contributed by atoms with E-state index in [1.807, 2.05) is 6.20 Å². The lowest BCUT2D eigenvalue weighted by Crippen LogP contribution is -1.90. The van der Waals surface area contributed by atoms with E-state index in [0.29, 0.717) is 11.8 Å². The first kappa shape index (κ1) is 15.9. The van der Waals surface area contributed by atoms with Gasteiger partial charge in [0.15, 0.2) is 0 Å². The zero-order valence-corrected chi connectivity index (χ0v) is 15.2. The van der Waals surface area contributed by atoms with E-state index in [9.17, 15) is 0 Å². The van der Waals surface area contributed by atoms with Gasteiger partial charge in [0, 0.05) is 22.5 Å². The number of hydrogen-bond acceptors (Lipinski definition) is 2. The number of fused-ring (bicyclic) bond motifs is 3. The fourth-order valence-electron chi connectivity index (χ4n) is 3.45. The van der Waals surface area contributed by atoms with Crippen molar-refractivity contribution in [2.75, 3.05) is 0 Å². The third-order valence-electron chi connectivity index (χ3n) is 4.90. The maximum Gasteiger partial charge on any atom is 0.144 e. The standard InChI is InChI=1S/C23H23NO/c1-14(2)16-11-12-24-21(13-16)20-10-6-9-19-18-8-5-7-17(15(3)4)22(18)25-23(19)20/h5-15H,1-4H3. The molecule has 0 amide bonds. The molecule has 0 radical (unpaired) electrons. The Balaban J connectivity index is 2.01. The summed E-state index contributed by atoms with van der Waals surface area (Å²) in [6, 6.07) is 17.0. The first-order valence-electron chi connectivity index (χ1n) is 8.96. The van der Waals surface area contributed by atoms with E-state index in [4.69, 9.17) is 4.42 Å². The van der Waals surface area contributed by atoms with Crippen molar-refractivity contribution >= 4 is 21.9 Å². The molecule has 4 aromatic rings. The molecular weight excluding hydrogens is 306 g/mol. The summed E-state index contributed by atoms with van der Waals surface area (Å²) in [5.74, 6) is 0.902. The normalized spacial score (nSPS) is 11.9. The fraction of sp³-hybridized carbons (Fsp3) is 0.261. The number of hydrogen-bond donors (Lipinski definition) is 0. The number of furan rings is 1. The van der Waals surface area contributed by atoms with Gasteiger partial charge in [-0.05, 0) is 41.2 Å². The Morgan fingerprint density at radius 3 is 2.24 bits per heavy atom. The molecule has 0 N–H and O–H groups in total. The maximum atomic E-state index is 6.39. The zero-order valence-electron chi connectivity index (χ0n) is 15.2. The molecule has 0 bridgehead atoms. The Bertz CT molecular complexity index is 1060. The van der Waals surface area contributed by atoms with Crippen LogP contribution < -0.4 is 0 Å². The summed E-state index contributed by atoms with van der Waals surface area (Å²) in [4.78, 5) is 4.61. The number of nitrogens with zero attached hydrogens (tertiary/aromatic N) is 1. The van der Waals surface area contributed by atoms with E-state index < -0.39 is 0 Å². The largest absolute Gasteiger partial charge is 0.455 e. The van der Waals surface area contributed by atoms with Gasteiger partial charge in [0.1, 0.15) is 11.2 Å². The van der Waals surface area contributed by atoms with Gasteiger partial charge in [-0.2, -0.15) is 0 Å². The maximum absolute atomic E-state index is 6.39. The van der Waals surface area contributed by atoms with Gasteiger partial charge in [0.2, 0.25) is 0 Å². The van der Waals surface area contributed by atoms with Crippen LogP contribution in [0.3, 0.4) is 0 Å². The highest BCUT2D eigenvalue weighted by Gasteiger charge is 2.16. The molecule has 2 aromatic heterocycles. The minimum Gasteiger partial charge on any atom is -0.455 e. The minimum atomic E-state index is 0.426. The third kappa shape index (κ3) is 2.62. The van der Waals surface area contributed by atoms with Gasteiger partial charge in [0.05, 0.1) is 5.69 Å². The van der Waals surface area contributed by atoms with Crippen LogP contribution in [0.25, 0.3) is 33.2 Å². The summed E-state index contributed by atoms with van der Waals surface area (Å²) in [6.07, 6.45) is 1.89. The summed E-state index contributed by atoms with van der Waals surface area (Å²) >= 11 is 0. The molecule has 0 saturated heterocycles. The van der Waals surface area contributed by atoms with Gasteiger partial charge in [-0.3, -0.25) is 4.98 Å². The van der Waals surface area contributed by atoms with Gasteiger partial charge in [0.25, 0.3) is 0 Å². The molecule has 2 aromatic carbocycles. The molecule has 2 heterocycles. The highest BCUT2D eigenvalue weighted by molar-refractivity contribution is 6.10. The average Bonchev–Trinajstić information content (AvgIpc) is 3.00. The zero-order chi connectivity index (χ0) is 17.6. The SMILES string of the molecule is CC(C)c1ccnc(-c2cccc3c2oc2c(C(C)C)cccc23)c1. The highest BCUT2D eigenvalue weighted by Crippen LogP contribution is 2.38. The van der Waals surface area contributed by atoms with Crippen molar-refractivity contribution < 1.29 is 4.42 Å². The molecule has 0 aliphatic rings. The summed E-state index contributed by atoms with van der Waals surface area (Å²) in [7, 11) is 0. The lowest BCUT2D eigenvalue weighted by molar-refractivity contribution is 0.658. The smallest absolute Gasteiger partial charge is 0.144 e. The summed E-state index contributed by atoms with van der Waals surface area (Å²) < 4.78 is 6.39. The molecule has 4 rings (SSSR count). The van der Waals surface area contributed by atoms with Crippen molar-refractivity contribution in [1.29, 1.82) is 0 Å². The van der Waals surface area contributed by atoms with E-state index >= 15 is 0 Å². The Labute approximate surface area is 148 Å². The predicted octanol–water partition coefficient (Wildman–Crippen LogP) is 6.89. The first-order valence-corrected chi connectivity index (χ1v) is 8.96. The molecule has 126 valence electrons. The monoisotopic (exact) mass is 329 g/mol. The Hall–Kier alpha value is -2.61. The fourth-order valence-corrected chi connectivity index (χ4v) is 3.45. The van der Waals surface area contributed by atoms with Crippen molar-refractivity contribution in [2.24, 2.45) is 0 Å². The Kier molecular flexibility index (Phi) is 3.84. The van der Waals surface area contributed by atoms with Gasteiger partial charge in [-0.15, -0.1) is 0 Å². The van der Waals surface area contributed by atoms with E-state index in [-0.39, 0.29) is 0 Å². The Morgan fingerprint density at radius 1 is 0.800 bits per heavy atom. The van der Waals surface area contributed by atoms with Crippen LogP contribution in [0.15, 0.2) is 59.1 Å². The quantitative estimate of drug-likeness (QED) is 0.409. The van der Waals surface area contributed by atoms with Gasteiger partial charge in [-0.1, -0.05) is 58.0 Å². The number of para-hydroxylation sites is 2. The van der Waals surface area contributed by atoms with Crippen LogP contribution >= 0.6 is 0 Å². The molecule has 0 fully saturated rings. The Morgan fingerprint density at radius 2 is 1.52 bits per heavy atom. The van der Waals surface area contributed by atoms with Gasteiger partial charge >= 0.3 is 0 Å². The van der Waals surface area contributed by atoms with Crippen LogP contribution in [0.5, 0.6) is 0 Å². The van der Waals surface area contributed by atoms with Crippen molar-refractivity contribution in [3.8, 4) is 11.3 Å². The summed E-state index contributed by atoms with van der Waals surface area (Å²) in [6.45, 7) is 8.82. The second kappa shape index (κ2) is 6.03. The topological polar surface area (TPSA) is 26.0 Å². The molecule has 0 aliphatic heterocycles. The molecule has 0 atom stereocenters. The van der Waals surface area contributed by atoms with Crippen LogP contribution in [-0.2, 0) is 0 Å². The summed E-state index contributed by atoms with van der Waals surface area (Å²) in [5.41, 5.74) is 6.51. The lowest BCUT2D eigenvalue weighted by Gasteiger charge is -2.08. The van der Waals surface area contributed by atoms with Crippen molar-refractivity contribution in [3.05, 3.63) is 65.9 Å². The average molecular weight is 329 g/mol. The number of aromatic nitrogens is 1. The van der Waals surface area contributed by atoms with Crippen LogP contribution in [0.4, 0.5) is 0 Å². The molecule has 0 aliphatic carbocycles. The molecule has 2 nitrogen and oxygen atoms in total. The van der Waals surface area contributed by atoms with E-state index in [1.54, 1.807) is 0 Å². The van der Waals surface area contributed by atoms with Crippen molar-refractivity contribution in [3.63, 3.8) is 0 Å². The second-order valence-electron chi connectivity index (χ2n) is 7.29. The van der Waals surface area contributed by atoms with Crippen molar-refractivity contribution in [2.45, 2.75) is 39.5 Å². The number of rotatable bonds is 3. The molecular formula is C23H23NO. The van der Waals surface area contributed by atoms with E-state index in [2.05, 4.69) is 81.2 Å². The number of benzene rings is 2. The van der Waals surface area contributed by atoms with E-state index in [0.717, 1.165) is 27.8 Å². The highest BCUT2D eigenvalue weighted by atomic mass is 16.3. The van der Waals surface area contributed by atoms with Gasteiger partial charge < -0.3 is 4.42 Å². The second-order valence-corrected chi connectivity index (χ2v) is 7.29. The molecule has 0 spiro atoms. The summed E-state index contributed by atoms with van der Waals surface area (Å²) in [5, 5.41) is 2.34. The number of pyridine rings is 1. The third-order valence-corrected chi connectivity index (χ3v) is 4.90.